The van der Waals surface area contributed by atoms with Crippen LogP contribution in [-0.2, 0) is 6.42 Å². The van der Waals surface area contributed by atoms with Gasteiger partial charge in [-0.3, -0.25) is 4.79 Å². The Balaban J connectivity index is 2.07. The first kappa shape index (κ1) is 23.5. The van der Waals surface area contributed by atoms with Crippen LogP contribution in [0.25, 0.3) is 0 Å². The second kappa shape index (κ2) is 8.74. The fourth-order valence-electron chi connectivity index (χ4n) is 3.95. The lowest BCUT2D eigenvalue weighted by atomic mass is 9.81. The third-order valence-corrected chi connectivity index (χ3v) is 5.87. The van der Waals surface area contributed by atoms with Crippen molar-refractivity contribution in [3.63, 3.8) is 0 Å². The summed E-state index contributed by atoms with van der Waals surface area (Å²) >= 11 is 0. The first-order valence-corrected chi connectivity index (χ1v) is 10.5. The largest absolute Gasteiger partial charge is 0.508 e. The Labute approximate surface area is 187 Å². The number of carbonyl (C=O) groups excluding carboxylic acids is 1. The van der Waals surface area contributed by atoms with Crippen molar-refractivity contribution in [1.29, 1.82) is 0 Å². The summed E-state index contributed by atoms with van der Waals surface area (Å²) in [6.45, 7) is 7.28. The van der Waals surface area contributed by atoms with Crippen LogP contribution in [0.2, 0.25) is 0 Å². The van der Waals surface area contributed by atoms with Gasteiger partial charge in [0.15, 0.2) is 5.78 Å². The summed E-state index contributed by atoms with van der Waals surface area (Å²) < 4.78 is 6.06. The second-order valence-corrected chi connectivity index (χ2v) is 9.15. The number of aromatic hydroxyl groups is 4. The highest BCUT2D eigenvalue weighted by atomic mass is 16.5. The highest BCUT2D eigenvalue weighted by Crippen LogP contribution is 2.48. The van der Waals surface area contributed by atoms with E-state index in [0.29, 0.717) is 17.5 Å². The molecule has 1 aliphatic rings. The summed E-state index contributed by atoms with van der Waals surface area (Å²) in [5.41, 5.74) is 0.591. The maximum absolute atomic E-state index is 12.9. The molecule has 0 bridgehead atoms. The molecule has 0 aromatic heterocycles. The van der Waals surface area contributed by atoms with Gasteiger partial charge in [-0.05, 0) is 58.6 Å². The van der Waals surface area contributed by atoms with Gasteiger partial charge in [-0.25, -0.2) is 0 Å². The molecule has 0 fully saturated rings. The Hall–Kier alpha value is -3.19. The summed E-state index contributed by atoms with van der Waals surface area (Å²) in [4.78, 5) is 12.9. The summed E-state index contributed by atoms with van der Waals surface area (Å²) in [7, 11) is 0. The number of ketones is 1. The van der Waals surface area contributed by atoms with Crippen molar-refractivity contribution in [2.45, 2.75) is 58.7 Å². The Morgan fingerprint density at radius 3 is 2.41 bits per heavy atom. The molecule has 1 unspecified atom stereocenters. The molecule has 5 N–H and O–H groups in total. The average molecular weight is 443 g/mol. The van der Waals surface area contributed by atoms with Crippen LogP contribution in [0.4, 0.5) is 0 Å². The molecule has 0 saturated carbocycles. The molecule has 3 rings (SSSR count). The first-order valence-electron chi connectivity index (χ1n) is 10.5. The van der Waals surface area contributed by atoms with Crippen molar-refractivity contribution in [3.05, 3.63) is 52.6 Å². The monoisotopic (exact) mass is 442 g/mol. The van der Waals surface area contributed by atoms with Crippen molar-refractivity contribution >= 4 is 5.78 Å². The van der Waals surface area contributed by atoms with Gasteiger partial charge in [0, 0.05) is 23.3 Å². The predicted octanol–water partition coefficient (Wildman–Crippen LogP) is 4.50. The van der Waals surface area contributed by atoms with Crippen LogP contribution >= 0.6 is 0 Å². The number of aliphatic hydroxyl groups is 1. The van der Waals surface area contributed by atoms with E-state index in [0.717, 1.165) is 17.7 Å². The van der Waals surface area contributed by atoms with Gasteiger partial charge < -0.3 is 30.3 Å². The maximum atomic E-state index is 12.9. The maximum Gasteiger partial charge on any atom is 0.174 e. The Morgan fingerprint density at radius 2 is 1.81 bits per heavy atom. The molecule has 0 amide bonds. The third kappa shape index (κ3) is 4.83. The zero-order valence-corrected chi connectivity index (χ0v) is 18.7. The van der Waals surface area contributed by atoms with Crippen LogP contribution < -0.4 is 4.74 Å². The molecule has 2 atom stereocenters. The lowest BCUT2D eigenvalue weighted by Gasteiger charge is -2.32. The van der Waals surface area contributed by atoms with E-state index in [1.54, 1.807) is 13.8 Å². The fraction of sp³-hybridized carbons (Fsp3) is 0.400. The third-order valence-electron chi connectivity index (χ3n) is 5.87. The van der Waals surface area contributed by atoms with Gasteiger partial charge in [0.25, 0.3) is 0 Å². The van der Waals surface area contributed by atoms with E-state index >= 15 is 0 Å². The SMILES string of the molecule is CC(C)=CCC(Cc1c(O)cc(O)c2c1O[C@H](c1ccc(O)cc1O)CC2=O)C(C)(C)O. The zero-order chi connectivity index (χ0) is 23.8. The van der Waals surface area contributed by atoms with Crippen LogP contribution in [0.15, 0.2) is 35.9 Å². The summed E-state index contributed by atoms with van der Waals surface area (Å²) in [6.07, 6.45) is 1.74. The molecule has 1 heterocycles. The van der Waals surface area contributed by atoms with E-state index in [2.05, 4.69) is 0 Å². The lowest BCUT2D eigenvalue weighted by molar-refractivity contribution is 0.0175. The van der Waals surface area contributed by atoms with Gasteiger partial charge in [0.1, 0.15) is 40.4 Å². The minimum atomic E-state index is -1.09. The van der Waals surface area contributed by atoms with Crippen LogP contribution in [0.5, 0.6) is 28.7 Å². The molecular formula is C25H30O7. The van der Waals surface area contributed by atoms with E-state index in [1.807, 2.05) is 19.9 Å². The van der Waals surface area contributed by atoms with Gasteiger partial charge >= 0.3 is 0 Å². The number of benzene rings is 2. The van der Waals surface area contributed by atoms with Gasteiger partial charge in [0.2, 0.25) is 0 Å². The molecule has 7 nitrogen and oxygen atoms in total. The normalized spacial score (nSPS) is 16.8. The van der Waals surface area contributed by atoms with Crippen molar-refractivity contribution in [3.8, 4) is 28.7 Å². The summed E-state index contributed by atoms with van der Waals surface area (Å²) in [6, 6.07) is 5.12. The minimum Gasteiger partial charge on any atom is -0.508 e. The van der Waals surface area contributed by atoms with Gasteiger partial charge in [-0.2, -0.15) is 0 Å². The van der Waals surface area contributed by atoms with Crippen molar-refractivity contribution in [1.82, 2.24) is 0 Å². The molecule has 0 aliphatic carbocycles. The molecule has 1 aliphatic heterocycles. The van der Waals surface area contributed by atoms with Crippen molar-refractivity contribution in [2.75, 3.05) is 0 Å². The highest BCUT2D eigenvalue weighted by Gasteiger charge is 2.36. The van der Waals surface area contributed by atoms with E-state index in [1.165, 1.54) is 12.1 Å². The Morgan fingerprint density at radius 1 is 1.12 bits per heavy atom. The minimum absolute atomic E-state index is 0.0240. The average Bonchev–Trinajstić information content (AvgIpc) is 2.65. The van der Waals surface area contributed by atoms with Crippen molar-refractivity contribution < 1.29 is 35.1 Å². The molecule has 2 aromatic carbocycles. The molecule has 0 spiro atoms. The Kier molecular flexibility index (Phi) is 6.41. The molecule has 0 saturated heterocycles. The number of hydrogen-bond acceptors (Lipinski definition) is 7. The molecule has 0 radical (unpaired) electrons. The number of Topliss-reactive ketones (excluding diaryl/α,β-unsaturated/α-hetero) is 1. The van der Waals surface area contributed by atoms with E-state index in [4.69, 9.17) is 4.74 Å². The van der Waals surface area contributed by atoms with Crippen LogP contribution in [0, 0.1) is 5.92 Å². The number of hydrogen-bond donors (Lipinski definition) is 5. The molecule has 7 heteroatoms. The van der Waals surface area contributed by atoms with Crippen LogP contribution in [0.3, 0.4) is 0 Å². The smallest absolute Gasteiger partial charge is 0.174 e. The van der Waals surface area contributed by atoms with E-state index < -0.39 is 17.5 Å². The number of carbonyl (C=O) groups is 1. The van der Waals surface area contributed by atoms with Gasteiger partial charge in [-0.15, -0.1) is 0 Å². The number of allylic oxidation sites excluding steroid dienone is 2. The molecule has 32 heavy (non-hydrogen) atoms. The number of phenolic OH excluding ortho intramolecular Hbond substituents is 4. The quantitative estimate of drug-likeness (QED) is 0.417. The lowest BCUT2D eigenvalue weighted by Crippen LogP contribution is -2.32. The van der Waals surface area contributed by atoms with Crippen LogP contribution in [0.1, 0.15) is 68.1 Å². The molecule has 2 aromatic rings. The summed E-state index contributed by atoms with van der Waals surface area (Å²) in [5, 5.41) is 51.5. The zero-order valence-electron chi connectivity index (χ0n) is 18.7. The van der Waals surface area contributed by atoms with Crippen molar-refractivity contribution in [2.24, 2.45) is 5.92 Å². The highest BCUT2D eigenvalue weighted by molar-refractivity contribution is 6.03. The topological polar surface area (TPSA) is 127 Å². The van der Waals surface area contributed by atoms with Gasteiger partial charge in [-0.1, -0.05) is 11.6 Å². The second-order valence-electron chi connectivity index (χ2n) is 9.15. The molecular weight excluding hydrogens is 412 g/mol. The first-order chi connectivity index (χ1) is 14.9. The van der Waals surface area contributed by atoms with Gasteiger partial charge in [0.05, 0.1) is 12.0 Å². The number of ether oxygens (including phenoxy) is 1. The number of fused-ring (bicyclic) bond motifs is 1. The summed E-state index contributed by atoms with van der Waals surface area (Å²) in [5.74, 6) is -1.64. The Bertz CT molecular complexity index is 1060. The fourth-order valence-corrected chi connectivity index (χ4v) is 3.95. The van der Waals surface area contributed by atoms with Crippen LogP contribution in [-0.4, -0.2) is 36.9 Å². The van der Waals surface area contributed by atoms with E-state index in [9.17, 15) is 30.3 Å². The number of phenols is 4. The van der Waals surface area contributed by atoms with E-state index in [-0.39, 0.29) is 53.1 Å². The number of rotatable bonds is 6. The standard InChI is InChI=1S/C25H30O7/c1-13(2)5-6-14(25(3,4)31)9-17-19(28)11-20(29)23-21(30)12-22(32-24(17)23)16-8-7-15(26)10-18(16)27/h5,7-8,10-11,14,22,26-29,31H,6,9,12H2,1-4H3/t14?,22-/m0/s1. The molecule has 172 valence electrons. The predicted molar refractivity (Wildman–Crippen MR) is 119 cm³/mol.